The molecule has 0 aliphatic rings. The third-order valence-corrected chi connectivity index (χ3v) is 3.58. The first kappa shape index (κ1) is 14.5. The van der Waals surface area contributed by atoms with E-state index < -0.39 is 0 Å². The summed E-state index contributed by atoms with van der Waals surface area (Å²) in [6.45, 7) is 6.56. The van der Waals surface area contributed by atoms with E-state index in [1.54, 1.807) is 6.92 Å². The molecule has 0 aliphatic carbocycles. The molecule has 1 atom stereocenters. The lowest BCUT2D eigenvalue weighted by molar-refractivity contribution is -0.121. The molecular formula is C13H19N5OS. The lowest BCUT2D eigenvalue weighted by Crippen LogP contribution is -2.39. The maximum Gasteiger partial charge on any atom is 0.242 e. The van der Waals surface area contributed by atoms with Gasteiger partial charge in [0.1, 0.15) is 16.7 Å². The lowest BCUT2D eigenvalue weighted by atomic mass is 10.2. The lowest BCUT2D eigenvalue weighted by Gasteiger charge is -2.16. The Hall–Kier alpha value is -1.89. The van der Waals surface area contributed by atoms with Crippen molar-refractivity contribution in [2.45, 2.75) is 26.8 Å². The molecule has 108 valence electrons. The van der Waals surface area contributed by atoms with E-state index in [9.17, 15) is 4.79 Å². The quantitative estimate of drug-likeness (QED) is 0.782. The van der Waals surface area contributed by atoms with Crippen molar-refractivity contribution in [3.8, 4) is 0 Å². The van der Waals surface area contributed by atoms with Crippen molar-refractivity contribution in [1.29, 1.82) is 0 Å². The smallest absolute Gasteiger partial charge is 0.242 e. The zero-order valence-corrected chi connectivity index (χ0v) is 12.6. The summed E-state index contributed by atoms with van der Waals surface area (Å²) < 4.78 is 0. The highest BCUT2D eigenvalue weighted by molar-refractivity contribution is 7.16. The number of nitrogens with one attached hydrogen (secondary N) is 2. The number of nitrogens with two attached hydrogens (primary N) is 1. The predicted octanol–water partition coefficient (Wildman–Crippen LogP) is 1.85. The minimum atomic E-state index is -0.383. The van der Waals surface area contributed by atoms with Crippen LogP contribution in [0.1, 0.15) is 20.8 Å². The van der Waals surface area contributed by atoms with Crippen LogP contribution in [0.15, 0.2) is 11.4 Å². The van der Waals surface area contributed by atoms with E-state index in [4.69, 9.17) is 5.73 Å². The van der Waals surface area contributed by atoms with E-state index in [-0.39, 0.29) is 17.9 Å². The molecule has 1 amide bonds. The zero-order chi connectivity index (χ0) is 14.7. The number of hydrogen-bond acceptors (Lipinski definition) is 6. The van der Waals surface area contributed by atoms with Crippen LogP contribution < -0.4 is 16.4 Å². The number of aromatic nitrogens is 2. The van der Waals surface area contributed by atoms with Gasteiger partial charge in [-0.05, 0) is 24.3 Å². The number of carbonyl (C=O) groups excluding carboxylic acids is 1. The van der Waals surface area contributed by atoms with Crippen LogP contribution in [-0.2, 0) is 4.79 Å². The molecule has 0 radical (unpaired) electrons. The second kappa shape index (κ2) is 6.04. The van der Waals surface area contributed by atoms with Crippen molar-refractivity contribution in [2.24, 2.45) is 5.92 Å². The Bertz CT molecular complexity index is 610. The molecule has 7 heteroatoms. The Morgan fingerprint density at radius 3 is 2.85 bits per heavy atom. The molecular weight excluding hydrogens is 274 g/mol. The van der Waals surface area contributed by atoms with Crippen LogP contribution in [-0.4, -0.2) is 28.5 Å². The van der Waals surface area contributed by atoms with Crippen LogP contribution in [0.4, 0.5) is 11.8 Å². The summed E-state index contributed by atoms with van der Waals surface area (Å²) in [4.78, 5) is 21.1. The van der Waals surface area contributed by atoms with E-state index in [0.29, 0.717) is 18.3 Å². The van der Waals surface area contributed by atoms with Crippen molar-refractivity contribution >= 4 is 39.2 Å². The summed E-state index contributed by atoms with van der Waals surface area (Å²) in [6, 6.07) is 1.53. The van der Waals surface area contributed by atoms with Crippen molar-refractivity contribution < 1.29 is 4.79 Å². The number of nitrogens with zero attached hydrogens (tertiary/aromatic N) is 2. The van der Waals surface area contributed by atoms with E-state index in [0.717, 1.165) is 10.2 Å². The van der Waals surface area contributed by atoms with Gasteiger partial charge in [0.15, 0.2) is 0 Å². The standard InChI is InChI=1S/C13H19N5OS/c1-7(2)6-15-11(19)8(3)16-10-9-4-5-20-12(9)18-13(14)17-10/h4-5,7-8H,6H2,1-3H3,(H,15,19)(H3,14,16,17,18). The summed E-state index contributed by atoms with van der Waals surface area (Å²) in [7, 11) is 0. The first-order valence-electron chi connectivity index (χ1n) is 6.52. The van der Waals surface area contributed by atoms with E-state index in [1.165, 1.54) is 11.3 Å². The highest BCUT2D eigenvalue weighted by Gasteiger charge is 2.15. The van der Waals surface area contributed by atoms with Crippen LogP contribution >= 0.6 is 11.3 Å². The van der Waals surface area contributed by atoms with Crippen LogP contribution in [0.3, 0.4) is 0 Å². The van der Waals surface area contributed by atoms with Crippen molar-refractivity contribution in [2.75, 3.05) is 17.6 Å². The van der Waals surface area contributed by atoms with Crippen LogP contribution in [0, 0.1) is 5.92 Å². The number of nitrogen functional groups attached to an aromatic ring is 1. The summed E-state index contributed by atoms with van der Waals surface area (Å²) in [5, 5.41) is 8.79. The van der Waals surface area contributed by atoms with E-state index in [2.05, 4.69) is 34.4 Å². The van der Waals surface area contributed by atoms with E-state index in [1.807, 2.05) is 11.4 Å². The highest BCUT2D eigenvalue weighted by atomic mass is 32.1. The van der Waals surface area contributed by atoms with Crippen LogP contribution in [0.2, 0.25) is 0 Å². The largest absolute Gasteiger partial charge is 0.368 e. The Morgan fingerprint density at radius 1 is 1.40 bits per heavy atom. The monoisotopic (exact) mass is 293 g/mol. The molecule has 20 heavy (non-hydrogen) atoms. The van der Waals surface area contributed by atoms with Gasteiger partial charge >= 0.3 is 0 Å². The maximum atomic E-state index is 12.0. The fraction of sp³-hybridized carbons (Fsp3) is 0.462. The minimum Gasteiger partial charge on any atom is -0.368 e. The third-order valence-electron chi connectivity index (χ3n) is 2.77. The van der Waals surface area contributed by atoms with Crippen molar-refractivity contribution in [1.82, 2.24) is 15.3 Å². The molecule has 0 aromatic carbocycles. The Labute approximate surface area is 121 Å². The van der Waals surface area contributed by atoms with Gasteiger partial charge in [-0.15, -0.1) is 11.3 Å². The molecule has 1 unspecified atom stereocenters. The molecule has 4 N–H and O–H groups in total. The third kappa shape index (κ3) is 3.36. The normalized spacial score (nSPS) is 12.6. The molecule has 2 heterocycles. The number of carbonyl (C=O) groups is 1. The highest BCUT2D eigenvalue weighted by Crippen LogP contribution is 2.26. The first-order valence-corrected chi connectivity index (χ1v) is 7.40. The molecule has 6 nitrogen and oxygen atoms in total. The SMILES string of the molecule is CC(C)CNC(=O)C(C)Nc1nc(N)nc2sccc12. The van der Waals surface area contributed by atoms with Gasteiger partial charge in [0.2, 0.25) is 11.9 Å². The molecule has 2 rings (SSSR count). The Kier molecular flexibility index (Phi) is 4.39. The molecule has 0 saturated heterocycles. The van der Waals surface area contributed by atoms with Gasteiger partial charge in [0.05, 0.1) is 5.39 Å². The number of anilines is 2. The minimum absolute atomic E-state index is 0.0562. The number of amides is 1. The summed E-state index contributed by atoms with van der Waals surface area (Å²) in [5.74, 6) is 1.17. The average molecular weight is 293 g/mol. The van der Waals surface area contributed by atoms with Crippen LogP contribution in [0.5, 0.6) is 0 Å². The molecule has 0 spiro atoms. The predicted molar refractivity (Wildman–Crippen MR) is 82.8 cm³/mol. The van der Waals surface area contributed by atoms with Gasteiger partial charge in [-0.25, -0.2) is 4.98 Å². The number of fused-ring (bicyclic) bond motifs is 1. The molecule has 0 bridgehead atoms. The van der Waals surface area contributed by atoms with Gasteiger partial charge < -0.3 is 16.4 Å². The second-order valence-electron chi connectivity index (χ2n) is 5.07. The Morgan fingerprint density at radius 2 is 2.15 bits per heavy atom. The summed E-state index contributed by atoms with van der Waals surface area (Å²) in [6.07, 6.45) is 0. The second-order valence-corrected chi connectivity index (χ2v) is 5.97. The fourth-order valence-electron chi connectivity index (χ4n) is 1.71. The number of thiophene rings is 1. The van der Waals surface area contributed by atoms with Gasteiger partial charge in [0, 0.05) is 6.54 Å². The van der Waals surface area contributed by atoms with Gasteiger partial charge in [-0.2, -0.15) is 4.98 Å². The number of hydrogen-bond donors (Lipinski definition) is 3. The van der Waals surface area contributed by atoms with Gasteiger partial charge in [-0.3, -0.25) is 4.79 Å². The topological polar surface area (TPSA) is 92.9 Å². The van der Waals surface area contributed by atoms with Crippen LogP contribution in [0.25, 0.3) is 10.2 Å². The van der Waals surface area contributed by atoms with Gasteiger partial charge in [0.25, 0.3) is 0 Å². The molecule has 2 aromatic heterocycles. The van der Waals surface area contributed by atoms with Crippen molar-refractivity contribution in [3.63, 3.8) is 0 Å². The number of rotatable bonds is 5. The van der Waals surface area contributed by atoms with Crippen molar-refractivity contribution in [3.05, 3.63) is 11.4 Å². The Balaban J connectivity index is 2.11. The fourth-order valence-corrected chi connectivity index (χ4v) is 2.48. The maximum absolute atomic E-state index is 12.0. The zero-order valence-electron chi connectivity index (χ0n) is 11.8. The summed E-state index contributed by atoms with van der Waals surface area (Å²) >= 11 is 1.49. The van der Waals surface area contributed by atoms with E-state index >= 15 is 0 Å². The average Bonchev–Trinajstić information content (AvgIpc) is 2.83. The molecule has 0 aliphatic heterocycles. The first-order chi connectivity index (χ1) is 9.47. The van der Waals surface area contributed by atoms with Gasteiger partial charge in [-0.1, -0.05) is 13.8 Å². The molecule has 2 aromatic rings. The molecule has 0 fully saturated rings. The molecule has 0 saturated carbocycles. The summed E-state index contributed by atoms with van der Waals surface area (Å²) in [5.41, 5.74) is 5.68.